The van der Waals surface area contributed by atoms with Gasteiger partial charge in [-0.05, 0) is 37.6 Å². The van der Waals surface area contributed by atoms with Crippen LogP contribution in [0, 0.1) is 6.92 Å². The van der Waals surface area contributed by atoms with Crippen LogP contribution in [0.15, 0.2) is 48.5 Å². The number of ether oxygens (including phenoxy) is 1. The van der Waals surface area contributed by atoms with Crippen LogP contribution in [0.5, 0.6) is 5.75 Å². The summed E-state index contributed by atoms with van der Waals surface area (Å²) < 4.78 is 5.54. The Hall–Kier alpha value is -2.53. The molecule has 0 aliphatic heterocycles. The summed E-state index contributed by atoms with van der Waals surface area (Å²) in [4.78, 5) is 26.3. The number of rotatable bonds is 7. The average molecular weight is 375 g/mol. The van der Waals surface area contributed by atoms with Crippen molar-refractivity contribution in [3.05, 3.63) is 64.7 Å². The van der Waals surface area contributed by atoms with Gasteiger partial charge < -0.3 is 15.0 Å². The van der Waals surface area contributed by atoms with Crippen LogP contribution >= 0.6 is 11.6 Å². The Kier molecular flexibility index (Phi) is 7.04. The molecule has 0 spiro atoms. The molecule has 0 aliphatic rings. The van der Waals surface area contributed by atoms with Crippen LogP contribution in [-0.4, -0.2) is 36.4 Å². The molecule has 1 N–H and O–H groups in total. The van der Waals surface area contributed by atoms with Gasteiger partial charge in [0.25, 0.3) is 5.91 Å². The zero-order valence-corrected chi connectivity index (χ0v) is 15.9. The lowest BCUT2D eigenvalue weighted by Gasteiger charge is -2.28. The van der Waals surface area contributed by atoms with Gasteiger partial charge in [-0.25, -0.2) is 0 Å². The molecule has 0 unspecified atom stereocenters. The summed E-state index contributed by atoms with van der Waals surface area (Å²) in [7, 11) is 1.55. The Labute approximate surface area is 158 Å². The molecular weight excluding hydrogens is 352 g/mol. The van der Waals surface area contributed by atoms with Gasteiger partial charge in [0.15, 0.2) is 6.61 Å². The number of nitrogens with one attached hydrogen (secondary N) is 1. The maximum Gasteiger partial charge on any atom is 0.261 e. The first-order chi connectivity index (χ1) is 12.4. The van der Waals surface area contributed by atoms with E-state index in [1.54, 1.807) is 38.2 Å². The summed E-state index contributed by atoms with van der Waals surface area (Å²) in [6.07, 6.45) is 0. The molecule has 6 heteroatoms. The maximum absolute atomic E-state index is 12.7. The fraction of sp³-hybridized carbons (Fsp3) is 0.300. The highest BCUT2D eigenvalue weighted by Gasteiger charge is 2.25. The smallest absolute Gasteiger partial charge is 0.261 e. The van der Waals surface area contributed by atoms with Crippen molar-refractivity contribution in [2.45, 2.75) is 26.4 Å². The minimum atomic E-state index is -0.614. The minimum absolute atomic E-state index is 0.173. The fourth-order valence-electron chi connectivity index (χ4n) is 2.47. The number of nitrogens with zero attached hydrogens (tertiary/aromatic N) is 1. The highest BCUT2D eigenvalue weighted by Crippen LogP contribution is 2.18. The molecule has 26 heavy (non-hydrogen) atoms. The molecule has 0 aliphatic carbocycles. The van der Waals surface area contributed by atoms with Crippen molar-refractivity contribution in [3.63, 3.8) is 0 Å². The van der Waals surface area contributed by atoms with Crippen LogP contribution in [0.1, 0.15) is 18.1 Å². The van der Waals surface area contributed by atoms with E-state index in [0.29, 0.717) is 17.3 Å². The van der Waals surface area contributed by atoms with Gasteiger partial charge in [-0.1, -0.05) is 47.5 Å². The van der Waals surface area contributed by atoms with E-state index in [0.717, 1.165) is 11.1 Å². The SMILES string of the molecule is CNC(=O)[C@H](C)N(Cc1ccc(C)cc1)C(=O)COc1cccc(Cl)c1. The second-order valence-corrected chi connectivity index (χ2v) is 6.48. The molecule has 0 heterocycles. The molecule has 2 rings (SSSR count). The van der Waals surface area contributed by atoms with E-state index in [1.807, 2.05) is 31.2 Å². The van der Waals surface area contributed by atoms with Gasteiger partial charge in [0.2, 0.25) is 5.91 Å². The first kappa shape index (κ1) is 19.8. The number of benzene rings is 2. The quantitative estimate of drug-likeness (QED) is 0.809. The molecular formula is C20H23ClN2O3. The van der Waals surface area contributed by atoms with Crippen molar-refractivity contribution in [2.75, 3.05) is 13.7 Å². The van der Waals surface area contributed by atoms with Crippen LogP contribution in [0.4, 0.5) is 0 Å². The van der Waals surface area contributed by atoms with Gasteiger partial charge in [0.05, 0.1) is 0 Å². The summed E-state index contributed by atoms with van der Waals surface area (Å²) in [5.41, 5.74) is 2.08. The van der Waals surface area contributed by atoms with Gasteiger partial charge in [0.1, 0.15) is 11.8 Å². The topological polar surface area (TPSA) is 58.6 Å². The Morgan fingerprint density at radius 2 is 1.88 bits per heavy atom. The fourth-order valence-corrected chi connectivity index (χ4v) is 2.65. The van der Waals surface area contributed by atoms with Gasteiger partial charge in [-0.15, -0.1) is 0 Å². The van der Waals surface area contributed by atoms with Crippen molar-refractivity contribution in [3.8, 4) is 5.75 Å². The van der Waals surface area contributed by atoms with Gasteiger partial charge in [0, 0.05) is 18.6 Å². The maximum atomic E-state index is 12.7. The highest BCUT2D eigenvalue weighted by molar-refractivity contribution is 6.30. The lowest BCUT2D eigenvalue weighted by atomic mass is 10.1. The number of hydrogen-bond donors (Lipinski definition) is 1. The summed E-state index contributed by atoms with van der Waals surface area (Å²) in [6.45, 7) is 3.85. The zero-order valence-electron chi connectivity index (χ0n) is 15.2. The minimum Gasteiger partial charge on any atom is -0.484 e. The predicted molar refractivity (Wildman–Crippen MR) is 102 cm³/mol. The van der Waals surface area contributed by atoms with Crippen molar-refractivity contribution < 1.29 is 14.3 Å². The van der Waals surface area contributed by atoms with Gasteiger partial charge in [-0.3, -0.25) is 9.59 Å². The number of carbonyl (C=O) groups is 2. The third kappa shape index (κ3) is 5.49. The normalized spacial score (nSPS) is 11.5. The molecule has 0 saturated heterocycles. The number of amides is 2. The van der Waals surface area contributed by atoms with Crippen LogP contribution < -0.4 is 10.1 Å². The monoisotopic (exact) mass is 374 g/mol. The van der Waals surface area contributed by atoms with E-state index >= 15 is 0 Å². The van der Waals surface area contributed by atoms with Crippen LogP contribution in [0.3, 0.4) is 0 Å². The van der Waals surface area contributed by atoms with Crippen molar-refractivity contribution in [1.29, 1.82) is 0 Å². The summed E-state index contributed by atoms with van der Waals surface area (Å²) >= 11 is 5.93. The van der Waals surface area contributed by atoms with E-state index in [2.05, 4.69) is 5.32 Å². The molecule has 0 saturated carbocycles. The Bertz CT molecular complexity index is 762. The van der Waals surface area contributed by atoms with Crippen LogP contribution in [0.25, 0.3) is 0 Å². The van der Waals surface area contributed by atoms with Crippen molar-refractivity contribution >= 4 is 23.4 Å². The zero-order chi connectivity index (χ0) is 19.1. The molecule has 0 fully saturated rings. The average Bonchev–Trinajstić information content (AvgIpc) is 2.64. The molecule has 1 atom stereocenters. The standard InChI is InChI=1S/C20H23ClN2O3/c1-14-7-9-16(10-8-14)12-23(15(2)20(25)22-3)19(24)13-26-18-6-4-5-17(21)11-18/h4-11,15H,12-13H2,1-3H3,(H,22,25)/t15-/m0/s1. The Balaban J connectivity index is 2.12. The Morgan fingerprint density at radius 3 is 2.50 bits per heavy atom. The molecule has 2 aromatic rings. The Morgan fingerprint density at radius 1 is 1.19 bits per heavy atom. The predicted octanol–water partition coefficient (Wildman–Crippen LogP) is 3.19. The third-order valence-electron chi connectivity index (χ3n) is 4.05. The molecule has 0 aromatic heterocycles. The molecule has 0 radical (unpaired) electrons. The first-order valence-electron chi connectivity index (χ1n) is 8.35. The second-order valence-electron chi connectivity index (χ2n) is 6.04. The molecule has 2 amide bonds. The van der Waals surface area contributed by atoms with Crippen molar-refractivity contribution in [1.82, 2.24) is 10.2 Å². The van der Waals surface area contributed by atoms with Crippen molar-refractivity contribution in [2.24, 2.45) is 0 Å². The van der Waals surface area contributed by atoms with E-state index < -0.39 is 6.04 Å². The van der Waals surface area contributed by atoms with E-state index in [4.69, 9.17) is 16.3 Å². The first-order valence-corrected chi connectivity index (χ1v) is 8.73. The third-order valence-corrected chi connectivity index (χ3v) is 4.28. The lowest BCUT2D eigenvalue weighted by molar-refractivity contribution is -0.142. The van der Waals surface area contributed by atoms with E-state index in [9.17, 15) is 9.59 Å². The van der Waals surface area contributed by atoms with E-state index in [1.165, 1.54) is 4.90 Å². The number of carbonyl (C=O) groups excluding carboxylic acids is 2. The summed E-state index contributed by atoms with van der Waals surface area (Å²) in [5, 5.41) is 3.12. The highest BCUT2D eigenvalue weighted by atomic mass is 35.5. The number of hydrogen-bond acceptors (Lipinski definition) is 3. The van der Waals surface area contributed by atoms with Gasteiger partial charge in [-0.2, -0.15) is 0 Å². The lowest BCUT2D eigenvalue weighted by Crippen LogP contribution is -2.48. The second kappa shape index (κ2) is 9.25. The van der Waals surface area contributed by atoms with Crippen LogP contribution in [-0.2, 0) is 16.1 Å². The summed E-state index contributed by atoms with van der Waals surface area (Å²) in [5.74, 6) is 0.00333. The largest absolute Gasteiger partial charge is 0.484 e. The summed E-state index contributed by atoms with van der Waals surface area (Å²) in [6, 6.07) is 14.1. The number of aryl methyl sites for hydroxylation is 1. The molecule has 2 aromatic carbocycles. The van der Waals surface area contributed by atoms with Gasteiger partial charge >= 0.3 is 0 Å². The van der Waals surface area contributed by atoms with Crippen LogP contribution in [0.2, 0.25) is 5.02 Å². The molecule has 0 bridgehead atoms. The number of likely N-dealkylation sites (N-methyl/N-ethyl adjacent to an activating group) is 1. The molecule has 138 valence electrons. The molecule has 5 nitrogen and oxygen atoms in total. The number of halogens is 1. The van der Waals surface area contributed by atoms with E-state index in [-0.39, 0.29) is 18.4 Å².